The molecule has 1 aromatic heterocycles. The number of carboxylic acids is 1. The summed E-state index contributed by atoms with van der Waals surface area (Å²) in [5, 5.41) is 11.4. The maximum absolute atomic E-state index is 13.1. The summed E-state index contributed by atoms with van der Waals surface area (Å²) in [5.74, 6) is -0.284. The van der Waals surface area contributed by atoms with Crippen LogP contribution in [0.1, 0.15) is 35.2 Å². The summed E-state index contributed by atoms with van der Waals surface area (Å²) in [5.41, 5.74) is 1.86. The quantitative estimate of drug-likeness (QED) is 0.301. The molecule has 0 amide bonds. The van der Waals surface area contributed by atoms with E-state index in [1.807, 2.05) is 23.6 Å². The Balaban J connectivity index is 1.57. The van der Waals surface area contributed by atoms with Crippen molar-refractivity contribution in [2.45, 2.75) is 30.2 Å². The van der Waals surface area contributed by atoms with E-state index in [2.05, 4.69) is 0 Å². The molecule has 0 radical (unpaired) electrons. The van der Waals surface area contributed by atoms with Crippen molar-refractivity contribution >= 4 is 39.2 Å². The zero-order valence-corrected chi connectivity index (χ0v) is 22.1. The van der Waals surface area contributed by atoms with Gasteiger partial charge in [0.1, 0.15) is 17.5 Å². The van der Waals surface area contributed by atoms with Crippen LogP contribution >= 0.6 is 11.3 Å². The molecule has 10 heteroatoms. The third kappa shape index (κ3) is 5.61. The van der Waals surface area contributed by atoms with E-state index >= 15 is 0 Å². The van der Waals surface area contributed by atoms with E-state index in [1.165, 1.54) is 37.5 Å². The number of benzene rings is 2. The van der Waals surface area contributed by atoms with Crippen molar-refractivity contribution in [3.63, 3.8) is 0 Å². The summed E-state index contributed by atoms with van der Waals surface area (Å²) in [4.78, 5) is 25.4. The van der Waals surface area contributed by atoms with Crippen LogP contribution in [-0.4, -0.2) is 56.4 Å². The molecule has 37 heavy (non-hydrogen) atoms. The average Bonchev–Trinajstić information content (AvgIpc) is 3.46. The molecule has 194 valence electrons. The lowest BCUT2D eigenvalue weighted by Crippen LogP contribution is -2.47. The molecule has 0 aliphatic carbocycles. The number of methoxy groups -OCH3 is 2. The highest BCUT2D eigenvalue weighted by Gasteiger charge is 2.37. The fourth-order valence-corrected chi connectivity index (χ4v) is 6.70. The zero-order valence-electron chi connectivity index (χ0n) is 20.4. The van der Waals surface area contributed by atoms with Gasteiger partial charge in [0.15, 0.2) is 5.78 Å². The van der Waals surface area contributed by atoms with Crippen molar-refractivity contribution in [3.8, 4) is 21.9 Å². The first-order chi connectivity index (χ1) is 17.8. The van der Waals surface area contributed by atoms with Crippen LogP contribution < -0.4 is 9.47 Å². The Bertz CT molecular complexity index is 1410. The minimum Gasteiger partial charge on any atom is -0.496 e. The molecule has 1 atom stereocenters. The molecule has 1 saturated heterocycles. The molecule has 1 aliphatic heterocycles. The number of sulfonamides is 1. The number of rotatable bonds is 9. The first kappa shape index (κ1) is 26.6. The van der Waals surface area contributed by atoms with Gasteiger partial charge in [0.05, 0.1) is 19.1 Å². The van der Waals surface area contributed by atoms with Crippen molar-refractivity contribution in [2.24, 2.45) is 0 Å². The number of allylic oxidation sites excluding steroid dienone is 1. The molecule has 0 bridgehead atoms. The fourth-order valence-electron chi connectivity index (χ4n) is 4.31. The van der Waals surface area contributed by atoms with Gasteiger partial charge in [-0.3, -0.25) is 9.59 Å². The van der Waals surface area contributed by atoms with Gasteiger partial charge in [-0.05, 0) is 73.2 Å². The lowest BCUT2D eigenvalue weighted by Gasteiger charge is -2.31. The van der Waals surface area contributed by atoms with E-state index in [-0.39, 0.29) is 23.6 Å². The van der Waals surface area contributed by atoms with Gasteiger partial charge in [-0.25, -0.2) is 8.42 Å². The van der Waals surface area contributed by atoms with Crippen LogP contribution in [0, 0.1) is 0 Å². The van der Waals surface area contributed by atoms with Crippen LogP contribution in [0.25, 0.3) is 16.5 Å². The van der Waals surface area contributed by atoms with Gasteiger partial charge in [-0.2, -0.15) is 4.31 Å². The topological polar surface area (TPSA) is 110 Å². The fraction of sp³-hybridized carbons (Fsp3) is 0.259. The number of carbonyl (C=O) groups is 2. The molecule has 0 spiro atoms. The van der Waals surface area contributed by atoms with E-state index in [0.717, 1.165) is 14.7 Å². The second-order valence-corrected chi connectivity index (χ2v) is 11.3. The Hall–Kier alpha value is -3.47. The summed E-state index contributed by atoms with van der Waals surface area (Å²) >= 11 is 1.57. The number of carbonyl (C=O) groups excluding carboxylic acids is 1. The van der Waals surface area contributed by atoms with Gasteiger partial charge in [0.2, 0.25) is 10.0 Å². The van der Waals surface area contributed by atoms with Gasteiger partial charge in [0, 0.05) is 34.2 Å². The summed E-state index contributed by atoms with van der Waals surface area (Å²) in [6.07, 6.45) is 4.59. The highest BCUT2D eigenvalue weighted by Crippen LogP contribution is 2.38. The number of ketones is 1. The summed E-state index contributed by atoms with van der Waals surface area (Å²) in [6.45, 7) is 0.153. The van der Waals surface area contributed by atoms with Gasteiger partial charge in [0.25, 0.3) is 0 Å². The van der Waals surface area contributed by atoms with E-state index in [4.69, 9.17) is 9.47 Å². The van der Waals surface area contributed by atoms with Crippen molar-refractivity contribution in [2.75, 3.05) is 20.8 Å². The molecule has 0 saturated carbocycles. The van der Waals surface area contributed by atoms with Crippen LogP contribution in [0.2, 0.25) is 0 Å². The van der Waals surface area contributed by atoms with Gasteiger partial charge < -0.3 is 14.6 Å². The largest absolute Gasteiger partial charge is 0.496 e. The lowest BCUT2D eigenvalue weighted by molar-refractivity contribution is -0.142. The Morgan fingerprint density at radius 1 is 1.05 bits per heavy atom. The van der Waals surface area contributed by atoms with E-state index in [1.54, 1.807) is 30.6 Å². The number of aliphatic carboxylic acids is 1. The predicted octanol–water partition coefficient (Wildman–Crippen LogP) is 4.96. The monoisotopic (exact) mass is 541 g/mol. The minimum absolute atomic E-state index is 0.0430. The van der Waals surface area contributed by atoms with Gasteiger partial charge in [-0.15, -0.1) is 11.3 Å². The normalized spacial score (nSPS) is 16.5. The van der Waals surface area contributed by atoms with E-state index in [9.17, 15) is 23.1 Å². The molecule has 4 rings (SSSR count). The number of ether oxygens (including phenoxy) is 2. The molecule has 1 unspecified atom stereocenters. The lowest BCUT2D eigenvalue weighted by atomic mass is 10.0. The standard InChI is InChI=1S/C27H27NO7S2/c1-34-24-17-25(35-2)21(26-7-5-15-36-26)16-19(24)10-13-23(29)18-8-11-20(12-9-18)37(32,33)28-14-4-3-6-22(28)27(30)31/h5,7-13,15-17,22H,3-4,6,14H2,1-2H3,(H,30,31). The Morgan fingerprint density at radius 2 is 1.78 bits per heavy atom. The van der Waals surface area contributed by atoms with Crippen LogP contribution in [-0.2, 0) is 14.8 Å². The molecule has 2 aromatic carbocycles. The number of hydrogen-bond acceptors (Lipinski definition) is 7. The molecular formula is C27H27NO7S2. The van der Waals surface area contributed by atoms with Crippen LogP contribution in [0.5, 0.6) is 11.5 Å². The van der Waals surface area contributed by atoms with Gasteiger partial charge in [-0.1, -0.05) is 6.07 Å². The summed E-state index contributed by atoms with van der Waals surface area (Å²) in [7, 11) is -0.878. The first-order valence-electron chi connectivity index (χ1n) is 11.6. The second kappa shape index (κ2) is 11.3. The van der Waals surface area contributed by atoms with Crippen molar-refractivity contribution in [1.29, 1.82) is 0 Å². The van der Waals surface area contributed by atoms with E-state index < -0.39 is 22.0 Å². The third-order valence-electron chi connectivity index (χ3n) is 6.24. The Labute approximate surface area is 219 Å². The number of hydrogen-bond donors (Lipinski definition) is 1. The molecule has 3 aromatic rings. The summed E-state index contributed by atoms with van der Waals surface area (Å²) < 4.78 is 38.2. The predicted molar refractivity (Wildman–Crippen MR) is 142 cm³/mol. The molecule has 1 fully saturated rings. The zero-order chi connectivity index (χ0) is 26.6. The number of carboxylic acid groups (broad SMARTS) is 1. The molecule has 1 N–H and O–H groups in total. The molecule has 2 heterocycles. The van der Waals surface area contributed by atoms with Crippen LogP contribution in [0.4, 0.5) is 0 Å². The second-order valence-electron chi connectivity index (χ2n) is 8.46. The molecule has 1 aliphatic rings. The minimum atomic E-state index is -4.00. The SMILES string of the molecule is COc1cc(OC)c(-c2cccs2)cc1C=CC(=O)c1ccc(S(=O)(=O)N2CCCCC2C(=O)O)cc1. The smallest absolute Gasteiger partial charge is 0.322 e. The Morgan fingerprint density at radius 3 is 2.41 bits per heavy atom. The van der Waals surface area contributed by atoms with Crippen molar-refractivity contribution < 1.29 is 32.6 Å². The highest BCUT2D eigenvalue weighted by atomic mass is 32.2. The van der Waals surface area contributed by atoms with Crippen molar-refractivity contribution in [1.82, 2.24) is 4.31 Å². The third-order valence-corrected chi connectivity index (χ3v) is 9.06. The average molecular weight is 542 g/mol. The highest BCUT2D eigenvalue weighted by molar-refractivity contribution is 7.89. The molecular weight excluding hydrogens is 514 g/mol. The van der Waals surface area contributed by atoms with E-state index in [0.29, 0.717) is 35.5 Å². The van der Waals surface area contributed by atoms with Gasteiger partial charge >= 0.3 is 5.97 Å². The maximum Gasteiger partial charge on any atom is 0.322 e. The Kier molecular flexibility index (Phi) is 8.11. The number of nitrogens with zero attached hydrogens (tertiary/aromatic N) is 1. The first-order valence-corrected chi connectivity index (χ1v) is 13.9. The summed E-state index contributed by atoms with van der Waals surface area (Å²) in [6, 6.07) is 12.0. The molecule has 8 nitrogen and oxygen atoms in total. The maximum atomic E-state index is 13.1. The van der Waals surface area contributed by atoms with Crippen molar-refractivity contribution in [3.05, 3.63) is 71.1 Å². The van der Waals surface area contributed by atoms with Crippen LogP contribution in [0.15, 0.2) is 64.9 Å². The number of thiophene rings is 1. The number of piperidine rings is 1. The van der Waals surface area contributed by atoms with Crippen LogP contribution in [0.3, 0.4) is 0 Å².